The van der Waals surface area contributed by atoms with Crippen molar-refractivity contribution in [2.75, 3.05) is 5.32 Å². The number of carbonyl (C=O) groups excluding carboxylic acids is 1. The number of amides is 1. The summed E-state index contributed by atoms with van der Waals surface area (Å²) in [6.07, 6.45) is 6.23. The van der Waals surface area contributed by atoms with Crippen LogP contribution in [0, 0.1) is 0 Å². The van der Waals surface area contributed by atoms with Gasteiger partial charge in [-0.15, -0.1) is 0 Å². The SMILES string of the molecule is NS(=O)(=O)N1Cc2[nH]nc(NC(=O)/C=C\c3cccnc3)c2C1. The molecule has 23 heavy (non-hydrogen) atoms. The van der Waals surface area contributed by atoms with E-state index in [9.17, 15) is 13.2 Å². The number of H-pyrrole nitrogens is 1. The van der Waals surface area contributed by atoms with E-state index >= 15 is 0 Å². The zero-order valence-corrected chi connectivity index (χ0v) is 12.7. The lowest BCUT2D eigenvalue weighted by molar-refractivity contribution is -0.111. The molecule has 0 saturated heterocycles. The Balaban J connectivity index is 1.69. The van der Waals surface area contributed by atoms with Crippen LogP contribution in [0.25, 0.3) is 6.08 Å². The minimum absolute atomic E-state index is 0.0760. The molecule has 0 unspecified atom stereocenters. The fourth-order valence-electron chi connectivity index (χ4n) is 2.20. The molecule has 0 aliphatic carbocycles. The molecule has 0 spiro atoms. The number of nitrogens with zero attached hydrogens (tertiary/aromatic N) is 3. The molecule has 0 bridgehead atoms. The van der Waals surface area contributed by atoms with E-state index in [1.165, 1.54) is 6.08 Å². The lowest BCUT2D eigenvalue weighted by Gasteiger charge is -2.10. The number of nitrogens with one attached hydrogen (secondary N) is 2. The number of hydrogen-bond donors (Lipinski definition) is 3. The number of carbonyl (C=O) groups is 1. The van der Waals surface area contributed by atoms with Crippen molar-refractivity contribution >= 4 is 28.0 Å². The summed E-state index contributed by atoms with van der Waals surface area (Å²) in [6.45, 7) is 0.190. The molecule has 0 atom stereocenters. The molecular weight excluding hydrogens is 320 g/mol. The first-order valence-corrected chi connectivity index (χ1v) is 8.17. The molecular formula is C13H14N6O3S. The Hall–Kier alpha value is -2.56. The minimum atomic E-state index is -3.78. The highest BCUT2D eigenvalue weighted by Crippen LogP contribution is 2.27. The first-order valence-electron chi connectivity index (χ1n) is 6.66. The number of fused-ring (bicyclic) bond motifs is 1. The van der Waals surface area contributed by atoms with E-state index in [2.05, 4.69) is 20.5 Å². The van der Waals surface area contributed by atoms with Gasteiger partial charge in [0.1, 0.15) is 0 Å². The highest BCUT2D eigenvalue weighted by Gasteiger charge is 2.31. The molecule has 2 aromatic heterocycles. The molecule has 4 N–H and O–H groups in total. The summed E-state index contributed by atoms with van der Waals surface area (Å²) >= 11 is 0. The largest absolute Gasteiger partial charge is 0.305 e. The summed E-state index contributed by atoms with van der Waals surface area (Å²) in [6, 6.07) is 3.58. The van der Waals surface area contributed by atoms with Crippen molar-refractivity contribution in [2.24, 2.45) is 5.14 Å². The summed E-state index contributed by atoms with van der Waals surface area (Å²) in [5.41, 5.74) is 2.02. The Morgan fingerprint density at radius 1 is 1.43 bits per heavy atom. The van der Waals surface area contributed by atoms with E-state index in [1.807, 2.05) is 6.07 Å². The number of aromatic nitrogens is 3. The Kier molecular flexibility index (Phi) is 3.94. The Morgan fingerprint density at radius 3 is 2.96 bits per heavy atom. The monoisotopic (exact) mass is 334 g/mol. The van der Waals surface area contributed by atoms with Crippen LogP contribution in [-0.2, 0) is 28.1 Å². The normalized spacial score (nSPS) is 15.0. The first-order chi connectivity index (χ1) is 10.9. The molecule has 2 aromatic rings. The van der Waals surface area contributed by atoms with Gasteiger partial charge in [-0.25, -0.2) is 5.14 Å². The quantitative estimate of drug-likeness (QED) is 0.675. The highest BCUT2D eigenvalue weighted by atomic mass is 32.2. The van der Waals surface area contributed by atoms with Gasteiger partial charge in [-0.2, -0.15) is 17.8 Å². The van der Waals surface area contributed by atoms with E-state index in [-0.39, 0.29) is 19.0 Å². The first kappa shape index (κ1) is 15.3. The fraction of sp³-hybridized carbons (Fsp3) is 0.154. The topological polar surface area (TPSA) is 134 Å². The van der Waals surface area contributed by atoms with Crippen molar-refractivity contribution in [3.05, 3.63) is 47.4 Å². The van der Waals surface area contributed by atoms with Crippen LogP contribution in [0.4, 0.5) is 5.82 Å². The Morgan fingerprint density at radius 2 is 2.26 bits per heavy atom. The molecule has 0 fully saturated rings. The van der Waals surface area contributed by atoms with E-state index in [4.69, 9.17) is 5.14 Å². The maximum absolute atomic E-state index is 11.9. The van der Waals surface area contributed by atoms with E-state index in [1.54, 1.807) is 24.5 Å². The van der Waals surface area contributed by atoms with Gasteiger partial charge < -0.3 is 5.32 Å². The lowest BCUT2D eigenvalue weighted by atomic mass is 10.2. The highest BCUT2D eigenvalue weighted by molar-refractivity contribution is 7.86. The van der Waals surface area contributed by atoms with Crippen molar-refractivity contribution in [2.45, 2.75) is 13.1 Å². The van der Waals surface area contributed by atoms with Crippen LogP contribution in [0.5, 0.6) is 0 Å². The molecule has 3 heterocycles. The predicted molar refractivity (Wildman–Crippen MR) is 82.8 cm³/mol. The van der Waals surface area contributed by atoms with Crippen LogP contribution < -0.4 is 10.5 Å². The van der Waals surface area contributed by atoms with Gasteiger partial charge in [-0.3, -0.25) is 14.9 Å². The van der Waals surface area contributed by atoms with Crippen LogP contribution >= 0.6 is 0 Å². The van der Waals surface area contributed by atoms with E-state index in [0.717, 1.165) is 9.87 Å². The lowest BCUT2D eigenvalue weighted by Crippen LogP contribution is -2.32. The summed E-state index contributed by atoms with van der Waals surface area (Å²) in [7, 11) is -3.78. The van der Waals surface area contributed by atoms with Crippen molar-refractivity contribution in [3.8, 4) is 0 Å². The minimum Gasteiger partial charge on any atom is -0.305 e. The number of anilines is 1. The third-order valence-corrected chi connectivity index (χ3v) is 4.31. The summed E-state index contributed by atoms with van der Waals surface area (Å²) < 4.78 is 23.8. The molecule has 9 nitrogen and oxygen atoms in total. The van der Waals surface area contributed by atoms with Crippen molar-refractivity contribution < 1.29 is 13.2 Å². The van der Waals surface area contributed by atoms with Crippen LogP contribution in [0.2, 0.25) is 0 Å². The maximum atomic E-state index is 11.9. The van der Waals surface area contributed by atoms with Gasteiger partial charge in [0, 0.05) is 30.6 Å². The third kappa shape index (κ3) is 3.44. The van der Waals surface area contributed by atoms with Gasteiger partial charge in [-0.05, 0) is 17.7 Å². The Labute approximate surface area is 132 Å². The predicted octanol–water partition coefficient (Wildman–Crippen LogP) is -0.0243. The number of rotatable bonds is 4. The second-order valence-corrected chi connectivity index (χ2v) is 6.50. The molecule has 1 aliphatic heterocycles. The average Bonchev–Trinajstić information content (AvgIpc) is 3.08. The van der Waals surface area contributed by atoms with Crippen molar-refractivity contribution in [3.63, 3.8) is 0 Å². The fourth-order valence-corrected chi connectivity index (χ4v) is 2.82. The van der Waals surface area contributed by atoms with Gasteiger partial charge in [0.15, 0.2) is 5.82 Å². The molecule has 10 heteroatoms. The molecule has 1 aliphatic rings. The second kappa shape index (κ2) is 5.91. The average molecular weight is 334 g/mol. The van der Waals surface area contributed by atoms with Crippen molar-refractivity contribution in [1.29, 1.82) is 0 Å². The van der Waals surface area contributed by atoms with Gasteiger partial charge in [0.25, 0.3) is 10.2 Å². The number of nitrogens with two attached hydrogens (primary N) is 1. The molecule has 120 valence electrons. The number of pyridine rings is 1. The molecule has 0 aromatic carbocycles. The summed E-state index contributed by atoms with van der Waals surface area (Å²) in [4.78, 5) is 15.9. The van der Waals surface area contributed by atoms with Crippen LogP contribution in [-0.4, -0.2) is 33.8 Å². The van der Waals surface area contributed by atoms with Gasteiger partial charge in [0.05, 0.1) is 12.2 Å². The Bertz CT molecular complexity index is 859. The standard InChI is InChI=1S/C13H14N6O3S/c14-23(21,22)19-7-10-11(8-19)17-18-13(10)16-12(20)4-3-9-2-1-5-15-6-9/h1-6H,7-8H2,(H2,14,21,22)(H2,16,17,18,20)/b4-3-. The van der Waals surface area contributed by atoms with Gasteiger partial charge in [-0.1, -0.05) is 6.07 Å². The molecule has 0 radical (unpaired) electrons. The summed E-state index contributed by atoms with van der Waals surface area (Å²) in [5, 5.41) is 14.4. The smallest absolute Gasteiger partial charge is 0.277 e. The van der Waals surface area contributed by atoms with Crippen LogP contribution in [0.15, 0.2) is 30.6 Å². The zero-order chi connectivity index (χ0) is 16.4. The second-order valence-electron chi connectivity index (χ2n) is 4.95. The van der Waals surface area contributed by atoms with Gasteiger partial charge >= 0.3 is 0 Å². The van der Waals surface area contributed by atoms with Crippen LogP contribution in [0.3, 0.4) is 0 Å². The van der Waals surface area contributed by atoms with Gasteiger partial charge in [0.2, 0.25) is 5.91 Å². The zero-order valence-electron chi connectivity index (χ0n) is 11.9. The summed E-state index contributed by atoms with van der Waals surface area (Å²) in [5.74, 6) is -0.0794. The van der Waals surface area contributed by atoms with E-state index < -0.39 is 10.2 Å². The van der Waals surface area contributed by atoms with Crippen molar-refractivity contribution in [1.82, 2.24) is 19.5 Å². The van der Waals surface area contributed by atoms with Crippen LogP contribution in [0.1, 0.15) is 16.8 Å². The number of aromatic amines is 1. The maximum Gasteiger partial charge on any atom is 0.277 e. The molecule has 3 rings (SSSR count). The molecule has 1 amide bonds. The third-order valence-electron chi connectivity index (χ3n) is 3.33. The number of hydrogen-bond acceptors (Lipinski definition) is 5. The van der Waals surface area contributed by atoms with E-state index in [0.29, 0.717) is 17.1 Å². The molecule has 0 saturated carbocycles.